The number of phenolic OH excluding ortho intramolecular Hbond substituents is 1. The van der Waals surface area contributed by atoms with E-state index in [1.807, 2.05) is 0 Å². The van der Waals surface area contributed by atoms with Crippen molar-refractivity contribution in [2.45, 2.75) is 25.2 Å². The molecule has 1 aliphatic heterocycles. The van der Waals surface area contributed by atoms with Crippen molar-refractivity contribution < 1.29 is 37.4 Å². The SMILES string of the molecule is COc1cc(CN2CC[C@H](NC(=O)CNC(=O)c3cc(C(F)(F)F)ccc3NC(N)=O)C2)ccc1O. The number of amides is 4. The molecule has 13 heteroatoms. The molecule has 1 heterocycles. The first kappa shape index (κ1) is 26.6. The summed E-state index contributed by atoms with van der Waals surface area (Å²) in [4.78, 5) is 38.1. The summed E-state index contributed by atoms with van der Waals surface area (Å²) in [5.41, 5.74) is 4.15. The molecular formula is C23H26F3N5O5. The van der Waals surface area contributed by atoms with Crippen molar-refractivity contribution in [3.05, 3.63) is 53.1 Å². The van der Waals surface area contributed by atoms with Gasteiger partial charge in [0.2, 0.25) is 5.91 Å². The van der Waals surface area contributed by atoms with Gasteiger partial charge in [0.1, 0.15) is 0 Å². The lowest BCUT2D eigenvalue weighted by Crippen LogP contribution is -2.43. The van der Waals surface area contributed by atoms with Gasteiger partial charge in [-0.25, -0.2) is 4.79 Å². The lowest BCUT2D eigenvalue weighted by atomic mass is 10.1. The Labute approximate surface area is 204 Å². The van der Waals surface area contributed by atoms with Crippen LogP contribution in [0.15, 0.2) is 36.4 Å². The van der Waals surface area contributed by atoms with E-state index in [1.54, 1.807) is 18.2 Å². The van der Waals surface area contributed by atoms with Gasteiger partial charge in [0.15, 0.2) is 11.5 Å². The second kappa shape index (κ2) is 11.2. The first-order valence-corrected chi connectivity index (χ1v) is 10.9. The van der Waals surface area contributed by atoms with E-state index >= 15 is 0 Å². The van der Waals surface area contributed by atoms with Gasteiger partial charge in [-0.05, 0) is 42.3 Å². The summed E-state index contributed by atoms with van der Waals surface area (Å²) >= 11 is 0. The number of aromatic hydroxyl groups is 1. The van der Waals surface area contributed by atoms with Crippen LogP contribution in [-0.4, -0.2) is 60.6 Å². The van der Waals surface area contributed by atoms with E-state index in [1.165, 1.54) is 7.11 Å². The second-order valence-corrected chi connectivity index (χ2v) is 8.22. The number of carbonyl (C=O) groups excluding carboxylic acids is 3. The largest absolute Gasteiger partial charge is 0.504 e. The molecular weight excluding hydrogens is 483 g/mol. The number of methoxy groups -OCH3 is 1. The number of primary amides is 1. The van der Waals surface area contributed by atoms with Crippen LogP contribution < -0.4 is 26.4 Å². The predicted molar refractivity (Wildman–Crippen MR) is 123 cm³/mol. The molecule has 10 nitrogen and oxygen atoms in total. The summed E-state index contributed by atoms with van der Waals surface area (Å²) in [6.45, 7) is 1.34. The van der Waals surface area contributed by atoms with E-state index in [4.69, 9.17) is 10.5 Å². The van der Waals surface area contributed by atoms with Gasteiger partial charge in [0, 0.05) is 25.7 Å². The highest BCUT2D eigenvalue weighted by Gasteiger charge is 2.32. The van der Waals surface area contributed by atoms with Gasteiger partial charge in [-0.2, -0.15) is 13.2 Å². The molecule has 0 aliphatic carbocycles. The molecule has 1 atom stereocenters. The van der Waals surface area contributed by atoms with Gasteiger partial charge in [-0.3, -0.25) is 14.5 Å². The summed E-state index contributed by atoms with van der Waals surface area (Å²) in [6.07, 6.45) is -4.05. The molecule has 0 aromatic heterocycles. The average molecular weight is 509 g/mol. The molecule has 6 N–H and O–H groups in total. The zero-order valence-corrected chi connectivity index (χ0v) is 19.3. The minimum absolute atomic E-state index is 0.0394. The van der Waals surface area contributed by atoms with Crippen molar-refractivity contribution >= 4 is 23.5 Å². The van der Waals surface area contributed by atoms with Crippen molar-refractivity contribution in [3.63, 3.8) is 0 Å². The van der Waals surface area contributed by atoms with Crippen molar-refractivity contribution in [2.24, 2.45) is 5.73 Å². The number of rotatable bonds is 8. The molecule has 0 bridgehead atoms. The molecule has 0 radical (unpaired) electrons. The maximum Gasteiger partial charge on any atom is 0.416 e. The van der Waals surface area contributed by atoms with Crippen molar-refractivity contribution in [3.8, 4) is 11.5 Å². The molecule has 1 fully saturated rings. The Balaban J connectivity index is 1.54. The van der Waals surface area contributed by atoms with E-state index in [2.05, 4.69) is 20.9 Å². The van der Waals surface area contributed by atoms with Gasteiger partial charge >= 0.3 is 12.2 Å². The number of urea groups is 1. The van der Waals surface area contributed by atoms with Gasteiger partial charge in [0.25, 0.3) is 5.91 Å². The van der Waals surface area contributed by atoms with Crippen LogP contribution in [-0.2, 0) is 17.5 Å². The molecule has 36 heavy (non-hydrogen) atoms. The number of nitrogens with two attached hydrogens (primary N) is 1. The average Bonchev–Trinajstić information content (AvgIpc) is 3.24. The number of anilines is 1. The van der Waals surface area contributed by atoms with E-state index in [9.17, 15) is 32.7 Å². The monoisotopic (exact) mass is 509 g/mol. The van der Waals surface area contributed by atoms with Crippen molar-refractivity contribution in [1.82, 2.24) is 15.5 Å². The molecule has 2 aromatic carbocycles. The number of halogens is 3. The van der Waals surface area contributed by atoms with Gasteiger partial charge in [-0.1, -0.05) is 6.07 Å². The van der Waals surface area contributed by atoms with Crippen LogP contribution in [0.25, 0.3) is 0 Å². The van der Waals surface area contributed by atoms with Crippen LogP contribution in [0, 0.1) is 0 Å². The van der Waals surface area contributed by atoms with Crippen LogP contribution in [0.4, 0.5) is 23.7 Å². The van der Waals surface area contributed by atoms with E-state index in [0.717, 1.165) is 11.6 Å². The van der Waals surface area contributed by atoms with Gasteiger partial charge in [-0.15, -0.1) is 0 Å². The number of benzene rings is 2. The molecule has 2 aromatic rings. The topological polar surface area (TPSA) is 146 Å². The molecule has 194 valence electrons. The fourth-order valence-electron chi connectivity index (χ4n) is 3.86. The lowest BCUT2D eigenvalue weighted by molar-refractivity contribution is -0.137. The zero-order valence-electron chi connectivity index (χ0n) is 19.3. The minimum atomic E-state index is -4.71. The predicted octanol–water partition coefficient (Wildman–Crippen LogP) is 2.03. The number of hydrogen-bond acceptors (Lipinski definition) is 6. The maximum atomic E-state index is 13.1. The summed E-state index contributed by atoms with van der Waals surface area (Å²) < 4.78 is 44.3. The number of carbonyl (C=O) groups is 3. The first-order chi connectivity index (χ1) is 17.0. The fraction of sp³-hybridized carbons (Fsp3) is 0.348. The molecule has 3 rings (SSSR count). The normalized spacial score (nSPS) is 15.8. The van der Waals surface area contributed by atoms with Crippen LogP contribution in [0.2, 0.25) is 0 Å². The highest BCUT2D eigenvalue weighted by Crippen LogP contribution is 2.32. The van der Waals surface area contributed by atoms with Crippen LogP contribution in [0.5, 0.6) is 11.5 Å². The number of likely N-dealkylation sites (tertiary alicyclic amines) is 1. The lowest BCUT2D eigenvalue weighted by Gasteiger charge is -2.18. The van der Waals surface area contributed by atoms with E-state index < -0.39 is 41.7 Å². The summed E-state index contributed by atoms with van der Waals surface area (Å²) in [5.74, 6) is -1.09. The Hall–Kier alpha value is -4.00. The highest BCUT2D eigenvalue weighted by atomic mass is 19.4. The summed E-state index contributed by atoms with van der Waals surface area (Å²) in [7, 11) is 1.46. The van der Waals surface area contributed by atoms with Crippen LogP contribution in [0.3, 0.4) is 0 Å². The van der Waals surface area contributed by atoms with Crippen LogP contribution in [0.1, 0.15) is 27.9 Å². The molecule has 0 unspecified atom stereocenters. The number of alkyl halides is 3. The third-order valence-corrected chi connectivity index (χ3v) is 5.55. The Kier molecular flexibility index (Phi) is 8.25. The van der Waals surface area contributed by atoms with Crippen molar-refractivity contribution in [1.29, 1.82) is 0 Å². The number of ether oxygens (including phenoxy) is 1. The second-order valence-electron chi connectivity index (χ2n) is 8.22. The third kappa shape index (κ3) is 7.01. The molecule has 1 saturated heterocycles. The smallest absolute Gasteiger partial charge is 0.416 e. The number of nitrogens with zero attached hydrogens (tertiary/aromatic N) is 1. The van der Waals surface area contributed by atoms with Gasteiger partial charge < -0.3 is 31.5 Å². The first-order valence-electron chi connectivity index (χ1n) is 10.9. The zero-order chi connectivity index (χ0) is 26.5. The molecule has 1 aliphatic rings. The number of nitrogens with one attached hydrogen (secondary N) is 3. The quantitative estimate of drug-likeness (QED) is 0.368. The van der Waals surface area contributed by atoms with Crippen molar-refractivity contribution in [2.75, 3.05) is 32.1 Å². The maximum absolute atomic E-state index is 13.1. The van der Waals surface area contributed by atoms with Crippen LogP contribution >= 0.6 is 0 Å². The Bertz CT molecular complexity index is 1140. The minimum Gasteiger partial charge on any atom is -0.504 e. The highest BCUT2D eigenvalue weighted by molar-refractivity contribution is 6.04. The fourth-order valence-corrected chi connectivity index (χ4v) is 3.86. The molecule has 0 spiro atoms. The standard InChI is InChI=1S/C23H26F3N5O5/c1-36-19-8-13(2-5-18(19)32)11-31-7-6-15(12-31)29-20(33)10-28-21(34)16-9-14(23(24,25)26)3-4-17(16)30-22(27)35/h2-5,8-9,15,32H,6-7,10-12H2,1H3,(H,28,34)(H,29,33)(H3,27,30,35)/t15-/m0/s1. The molecule has 0 saturated carbocycles. The Morgan fingerprint density at radius 2 is 1.94 bits per heavy atom. The summed E-state index contributed by atoms with van der Waals surface area (Å²) in [5, 5.41) is 16.9. The number of phenols is 1. The Morgan fingerprint density at radius 3 is 2.61 bits per heavy atom. The molecule has 4 amide bonds. The third-order valence-electron chi connectivity index (χ3n) is 5.55. The summed E-state index contributed by atoms with van der Waals surface area (Å²) in [6, 6.07) is 5.99. The number of hydrogen-bond donors (Lipinski definition) is 5. The van der Waals surface area contributed by atoms with E-state index in [0.29, 0.717) is 43.9 Å². The van der Waals surface area contributed by atoms with E-state index in [-0.39, 0.29) is 17.5 Å². The van der Waals surface area contributed by atoms with Gasteiger partial charge in [0.05, 0.1) is 30.5 Å². The Morgan fingerprint density at radius 1 is 1.19 bits per heavy atom.